The van der Waals surface area contributed by atoms with Crippen LogP contribution in [0.2, 0.25) is 5.02 Å². The molecule has 0 spiro atoms. The number of aromatic hydroxyl groups is 1. The van der Waals surface area contributed by atoms with Crippen molar-refractivity contribution in [3.05, 3.63) is 64.7 Å². The first-order valence-corrected chi connectivity index (χ1v) is 8.27. The molecule has 4 heteroatoms. The monoisotopic (exact) mass is 318 g/mol. The maximum absolute atomic E-state index is 9.94. The van der Waals surface area contributed by atoms with Crippen molar-refractivity contribution in [3.63, 3.8) is 0 Å². The van der Waals surface area contributed by atoms with E-state index in [-0.39, 0.29) is 0 Å². The van der Waals surface area contributed by atoms with Crippen molar-refractivity contribution in [2.45, 2.75) is 13.1 Å². The average Bonchev–Trinajstić information content (AvgIpc) is 2.54. The van der Waals surface area contributed by atoms with Gasteiger partial charge >= 0.3 is 0 Å². The van der Waals surface area contributed by atoms with Crippen LogP contribution in [-0.4, -0.2) is 31.3 Å². The van der Waals surface area contributed by atoms with E-state index in [2.05, 4.69) is 30.3 Å². The van der Waals surface area contributed by atoms with Gasteiger partial charge in [-0.25, -0.2) is 0 Å². The maximum Gasteiger partial charge on any atom is 0.127 e. The standard InChI is InChI=1S/C18H21ClN2O/c19-17-6-7-18(22)16(12-17)14-21-10-8-20(9-11-21)13-15-4-2-1-3-5-15/h1-7,12,22H,8-11,13-14H2/p+2. The van der Waals surface area contributed by atoms with E-state index in [9.17, 15) is 5.11 Å². The molecule has 1 aliphatic heterocycles. The predicted octanol–water partition coefficient (Wildman–Crippen LogP) is 0.529. The van der Waals surface area contributed by atoms with Gasteiger partial charge in [0.05, 0.1) is 0 Å². The number of halogens is 1. The summed E-state index contributed by atoms with van der Waals surface area (Å²) in [5, 5.41) is 10.6. The number of quaternary nitrogens is 2. The van der Waals surface area contributed by atoms with Gasteiger partial charge < -0.3 is 14.9 Å². The first kappa shape index (κ1) is 15.3. The van der Waals surface area contributed by atoms with Gasteiger partial charge in [0.1, 0.15) is 45.0 Å². The van der Waals surface area contributed by atoms with Crippen LogP contribution in [0.3, 0.4) is 0 Å². The van der Waals surface area contributed by atoms with Crippen LogP contribution in [0.15, 0.2) is 48.5 Å². The zero-order valence-electron chi connectivity index (χ0n) is 12.7. The van der Waals surface area contributed by atoms with Crippen molar-refractivity contribution >= 4 is 11.6 Å². The molecule has 1 heterocycles. The Labute approximate surface area is 136 Å². The summed E-state index contributed by atoms with van der Waals surface area (Å²) in [7, 11) is 0. The van der Waals surface area contributed by atoms with Gasteiger partial charge in [-0.1, -0.05) is 41.9 Å². The molecule has 0 unspecified atom stereocenters. The lowest BCUT2D eigenvalue weighted by Crippen LogP contribution is -3.27. The Hall–Kier alpha value is -1.55. The lowest BCUT2D eigenvalue weighted by molar-refractivity contribution is -1.02. The fourth-order valence-corrected chi connectivity index (χ4v) is 3.35. The van der Waals surface area contributed by atoms with Crippen LogP contribution in [0.4, 0.5) is 0 Å². The molecular weight excluding hydrogens is 296 g/mol. The molecule has 3 rings (SSSR count). The summed E-state index contributed by atoms with van der Waals surface area (Å²) in [5.74, 6) is 0.357. The number of phenols is 1. The van der Waals surface area contributed by atoms with Crippen molar-refractivity contribution in [1.29, 1.82) is 0 Å². The second kappa shape index (κ2) is 7.14. The van der Waals surface area contributed by atoms with E-state index in [1.54, 1.807) is 17.0 Å². The van der Waals surface area contributed by atoms with Crippen LogP contribution in [0, 0.1) is 0 Å². The molecule has 1 fully saturated rings. The molecular formula is C18H23ClN2O+2. The highest BCUT2D eigenvalue weighted by Gasteiger charge is 2.23. The van der Waals surface area contributed by atoms with Crippen LogP contribution in [-0.2, 0) is 13.1 Å². The summed E-state index contributed by atoms with van der Waals surface area (Å²) in [6.07, 6.45) is 0. The normalized spacial score (nSPS) is 21.7. The second-order valence-electron chi connectivity index (χ2n) is 6.11. The summed E-state index contributed by atoms with van der Waals surface area (Å²) >= 11 is 6.02. The number of hydrogen-bond acceptors (Lipinski definition) is 1. The van der Waals surface area contributed by atoms with Crippen LogP contribution in [0.1, 0.15) is 11.1 Å². The summed E-state index contributed by atoms with van der Waals surface area (Å²) in [4.78, 5) is 3.17. The van der Waals surface area contributed by atoms with Gasteiger partial charge in [-0.05, 0) is 18.2 Å². The number of rotatable bonds is 4. The van der Waals surface area contributed by atoms with Crippen molar-refractivity contribution in [2.24, 2.45) is 0 Å². The first-order chi connectivity index (χ1) is 10.7. The second-order valence-corrected chi connectivity index (χ2v) is 6.55. The van der Waals surface area contributed by atoms with Crippen LogP contribution in [0.25, 0.3) is 0 Å². The Morgan fingerprint density at radius 3 is 2.18 bits per heavy atom. The van der Waals surface area contributed by atoms with Crippen molar-refractivity contribution in [1.82, 2.24) is 0 Å². The minimum atomic E-state index is 0.357. The smallest absolute Gasteiger partial charge is 0.127 e. The highest BCUT2D eigenvalue weighted by atomic mass is 35.5. The minimum absolute atomic E-state index is 0.357. The Morgan fingerprint density at radius 1 is 0.864 bits per heavy atom. The van der Waals surface area contributed by atoms with E-state index in [0.717, 1.165) is 31.7 Å². The number of hydrogen-bond donors (Lipinski definition) is 3. The molecule has 0 radical (unpaired) electrons. The zero-order valence-corrected chi connectivity index (χ0v) is 13.4. The van der Waals surface area contributed by atoms with Crippen molar-refractivity contribution in [3.8, 4) is 5.75 Å². The van der Waals surface area contributed by atoms with Gasteiger partial charge in [0.15, 0.2) is 0 Å². The van der Waals surface area contributed by atoms with Gasteiger partial charge in [-0.3, -0.25) is 0 Å². The molecule has 3 nitrogen and oxygen atoms in total. The fraction of sp³-hybridized carbons (Fsp3) is 0.333. The molecule has 1 saturated heterocycles. The third-order valence-corrected chi connectivity index (χ3v) is 4.68. The van der Waals surface area contributed by atoms with E-state index in [1.807, 2.05) is 6.07 Å². The Balaban J connectivity index is 1.52. The van der Waals surface area contributed by atoms with Gasteiger partial charge in [0, 0.05) is 16.1 Å². The van der Waals surface area contributed by atoms with Gasteiger partial charge in [0.25, 0.3) is 0 Å². The molecule has 116 valence electrons. The third kappa shape index (κ3) is 4.01. The molecule has 22 heavy (non-hydrogen) atoms. The highest BCUT2D eigenvalue weighted by molar-refractivity contribution is 6.30. The molecule has 0 saturated carbocycles. The Bertz CT molecular complexity index is 610. The van der Waals surface area contributed by atoms with E-state index < -0.39 is 0 Å². The molecule has 1 aliphatic rings. The number of benzene rings is 2. The molecule has 2 aromatic rings. The molecule has 3 N–H and O–H groups in total. The summed E-state index contributed by atoms with van der Waals surface area (Å²) in [6, 6.07) is 16.0. The lowest BCUT2D eigenvalue weighted by atomic mass is 10.1. The largest absolute Gasteiger partial charge is 0.507 e. The number of piperazine rings is 1. The quantitative estimate of drug-likeness (QED) is 0.754. The number of nitrogens with one attached hydrogen (secondary N) is 2. The minimum Gasteiger partial charge on any atom is -0.507 e. The van der Waals surface area contributed by atoms with Gasteiger partial charge in [-0.2, -0.15) is 0 Å². The van der Waals surface area contributed by atoms with Gasteiger partial charge in [0.2, 0.25) is 0 Å². The van der Waals surface area contributed by atoms with E-state index in [4.69, 9.17) is 11.6 Å². The lowest BCUT2D eigenvalue weighted by Gasteiger charge is -2.30. The fourth-order valence-electron chi connectivity index (χ4n) is 3.16. The molecule has 0 amide bonds. The molecule has 0 aromatic heterocycles. The van der Waals surface area contributed by atoms with E-state index in [0.29, 0.717) is 10.8 Å². The van der Waals surface area contributed by atoms with Crippen LogP contribution < -0.4 is 9.80 Å². The first-order valence-electron chi connectivity index (χ1n) is 7.89. The van der Waals surface area contributed by atoms with Crippen LogP contribution >= 0.6 is 11.6 Å². The maximum atomic E-state index is 9.94. The SMILES string of the molecule is Oc1ccc(Cl)cc1C[NH+]1CC[NH+](Cc2ccccc2)CC1. The summed E-state index contributed by atoms with van der Waals surface area (Å²) < 4.78 is 0. The summed E-state index contributed by atoms with van der Waals surface area (Å²) in [6.45, 7) is 6.57. The van der Waals surface area contributed by atoms with Crippen molar-refractivity contribution in [2.75, 3.05) is 26.2 Å². The molecule has 0 aliphatic carbocycles. The Morgan fingerprint density at radius 2 is 1.50 bits per heavy atom. The summed E-state index contributed by atoms with van der Waals surface area (Å²) in [5.41, 5.74) is 2.36. The molecule has 0 bridgehead atoms. The molecule has 0 atom stereocenters. The average molecular weight is 319 g/mol. The Kier molecular flexibility index (Phi) is 4.98. The molecule has 2 aromatic carbocycles. The van der Waals surface area contributed by atoms with E-state index in [1.165, 1.54) is 23.6 Å². The van der Waals surface area contributed by atoms with Crippen LogP contribution in [0.5, 0.6) is 5.75 Å². The zero-order chi connectivity index (χ0) is 15.4. The van der Waals surface area contributed by atoms with Crippen molar-refractivity contribution < 1.29 is 14.9 Å². The predicted molar refractivity (Wildman–Crippen MR) is 88.4 cm³/mol. The topological polar surface area (TPSA) is 29.1 Å². The third-order valence-electron chi connectivity index (χ3n) is 4.44. The van der Waals surface area contributed by atoms with E-state index >= 15 is 0 Å². The number of phenolic OH excluding ortho intramolecular Hbond substituents is 1. The highest BCUT2D eigenvalue weighted by Crippen LogP contribution is 2.20. The van der Waals surface area contributed by atoms with Gasteiger partial charge in [-0.15, -0.1) is 0 Å².